The maximum absolute atomic E-state index is 15.7. The number of hydrogen-bond donors (Lipinski definition) is 1. The Bertz CT molecular complexity index is 1910. The van der Waals surface area contributed by atoms with Crippen molar-refractivity contribution in [1.29, 1.82) is 5.26 Å². The number of pyridine rings is 1. The van der Waals surface area contributed by atoms with Gasteiger partial charge in [-0.2, -0.15) is 10.4 Å². The first-order valence-corrected chi connectivity index (χ1v) is 16.9. The standard InChI is InChI=1S/C37H41FN8O3/c1-37(2,44-17-15-43(16-18-44)27-23-48-24-27)20-25(21-39)36(47)45-14-6-7-26(45)22-46-32-12-13-41-35(40)33(32)34(42-46)30-11-10-29(19-31(30)38)49-28-8-4-3-5-9-28/h3-5,8-13,19-20,26-27H,6-7,14-18,22-24H2,1-2H3,(H2,40,41). The second-order valence-corrected chi connectivity index (χ2v) is 13.5. The van der Waals surface area contributed by atoms with Crippen molar-refractivity contribution in [2.45, 2.75) is 50.9 Å². The Morgan fingerprint density at radius 1 is 1.10 bits per heavy atom. The van der Waals surface area contributed by atoms with E-state index in [9.17, 15) is 10.1 Å². The number of halogens is 1. The fraction of sp³-hybridized carbons (Fsp3) is 0.405. The smallest absolute Gasteiger partial charge is 0.264 e. The zero-order valence-electron chi connectivity index (χ0n) is 27.9. The SMILES string of the molecule is CC(C)(C=C(C#N)C(=O)N1CCCC1Cn1nc(-c2ccc(Oc3ccccc3)cc2F)c2c(N)nccc21)N1CCN(C2COC2)CC1. The Hall–Kier alpha value is -4.83. The van der Waals surface area contributed by atoms with E-state index < -0.39 is 11.4 Å². The number of benzene rings is 2. The van der Waals surface area contributed by atoms with E-state index in [1.165, 1.54) is 6.07 Å². The predicted octanol–water partition coefficient (Wildman–Crippen LogP) is 4.85. The van der Waals surface area contributed by atoms with Gasteiger partial charge in [-0.25, -0.2) is 9.37 Å². The second kappa shape index (κ2) is 13.6. The minimum Gasteiger partial charge on any atom is -0.457 e. The number of para-hydroxylation sites is 1. The highest BCUT2D eigenvalue weighted by Crippen LogP contribution is 2.36. The van der Waals surface area contributed by atoms with E-state index in [0.717, 1.165) is 52.2 Å². The van der Waals surface area contributed by atoms with Gasteiger partial charge in [0.1, 0.15) is 40.5 Å². The van der Waals surface area contributed by atoms with Crippen LogP contribution in [0.5, 0.6) is 11.5 Å². The van der Waals surface area contributed by atoms with Gasteiger partial charge in [-0.1, -0.05) is 18.2 Å². The average Bonchev–Trinajstić information content (AvgIpc) is 3.69. The molecule has 0 saturated carbocycles. The molecule has 3 aliphatic rings. The van der Waals surface area contributed by atoms with Gasteiger partial charge in [0.15, 0.2) is 0 Å². The van der Waals surface area contributed by atoms with Gasteiger partial charge in [-0.3, -0.25) is 19.3 Å². The molecular weight excluding hydrogens is 623 g/mol. The first-order valence-electron chi connectivity index (χ1n) is 16.9. The molecule has 4 aromatic rings. The summed E-state index contributed by atoms with van der Waals surface area (Å²) in [6, 6.07) is 18.1. The summed E-state index contributed by atoms with van der Waals surface area (Å²) in [7, 11) is 0. The lowest BCUT2D eigenvalue weighted by Crippen LogP contribution is -2.59. The lowest BCUT2D eigenvalue weighted by molar-refractivity contribution is -0.127. The van der Waals surface area contributed by atoms with E-state index in [4.69, 9.17) is 20.3 Å². The van der Waals surface area contributed by atoms with Crippen LogP contribution >= 0.6 is 0 Å². The summed E-state index contributed by atoms with van der Waals surface area (Å²) < 4.78 is 28.6. The van der Waals surface area contributed by atoms with Crippen molar-refractivity contribution in [1.82, 2.24) is 29.5 Å². The van der Waals surface area contributed by atoms with Crippen molar-refractivity contribution >= 4 is 22.6 Å². The molecule has 0 radical (unpaired) electrons. The van der Waals surface area contributed by atoms with Crippen molar-refractivity contribution in [2.75, 3.05) is 51.7 Å². The third-order valence-corrected chi connectivity index (χ3v) is 10.0. The van der Waals surface area contributed by atoms with Crippen LogP contribution in [0.25, 0.3) is 22.2 Å². The molecule has 2 N–H and O–H groups in total. The number of ether oxygens (including phenoxy) is 2. The van der Waals surface area contributed by atoms with Crippen LogP contribution in [0, 0.1) is 17.1 Å². The summed E-state index contributed by atoms with van der Waals surface area (Å²) >= 11 is 0. The first-order chi connectivity index (χ1) is 23.7. The molecule has 2 aromatic carbocycles. The van der Waals surface area contributed by atoms with Crippen molar-refractivity contribution < 1.29 is 18.7 Å². The molecule has 1 atom stereocenters. The molecule has 3 aliphatic heterocycles. The monoisotopic (exact) mass is 664 g/mol. The summed E-state index contributed by atoms with van der Waals surface area (Å²) in [5.74, 6) is 0.412. The molecular formula is C37H41FN8O3. The largest absolute Gasteiger partial charge is 0.457 e. The van der Waals surface area contributed by atoms with Crippen LogP contribution in [0.2, 0.25) is 0 Å². The van der Waals surface area contributed by atoms with Crippen LogP contribution in [-0.2, 0) is 16.1 Å². The summed E-state index contributed by atoms with van der Waals surface area (Å²) in [5, 5.41) is 15.6. The summed E-state index contributed by atoms with van der Waals surface area (Å²) in [5.41, 5.74) is 7.35. The average molecular weight is 665 g/mol. The number of nitrogens with zero attached hydrogens (tertiary/aromatic N) is 7. The van der Waals surface area contributed by atoms with E-state index >= 15 is 4.39 Å². The van der Waals surface area contributed by atoms with Gasteiger partial charge >= 0.3 is 0 Å². The fourth-order valence-corrected chi connectivity index (χ4v) is 7.18. The van der Waals surface area contributed by atoms with Gasteiger partial charge in [-0.15, -0.1) is 0 Å². The molecule has 3 fully saturated rings. The summed E-state index contributed by atoms with van der Waals surface area (Å²) in [6.45, 7) is 10.2. The first kappa shape index (κ1) is 32.7. The number of nitrogen functional groups attached to an aromatic ring is 1. The number of rotatable bonds is 9. The second-order valence-electron chi connectivity index (χ2n) is 13.5. The Morgan fingerprint density at radius 2 is 1.88 bits per heavy atom. The maximum atomic E-state index is 15.7. The van der Waals surface area contributed by atoms with Gasteiger partial charge in [0, 0.05) is 56.1 Å². The Kier molecular flexibility index (Phi) is 9.07. The molecule has 0 spiro atoms. The minimum atomic E-state index is -0.509. The molecule has 1 amide bonds. The van der Waals surface area contributed by atoms with E-state index in [-0.39, 0.29) is 28.9 Å². The third kappa shape index (κ3) is 6.62. The maximum Gasteiger partial charge on any atom is 0.264 e. The van der Waals surface area contributed by atoms with Gasteiger partial charge in [0.25, 0.3) is 5.91 Å². The van der Waals surface area contributed by atoms with E-state index in [0.29, 0.717) is 47.2 Å². The Balaban J connectivity index is 1.11. The van der Waals surface area contributed by atoms with E-state index in [1.54, 1.807) is 46.1 Å². The number of aromatic nitrogens is 3. The van der Waals surface area contributed by atoms with Crippen LogP contribution in [0.4, 0.5) is 10.2 Å². The van der Waals surface area contributed by atoms with Crippen molar-refractivity contribution in [3.8, 4) is 28.8 Å². The predicted molar refractivity (Wildman–Crippen MR) is 184 cm³/mol. The van der Waals surface area contributed by atoms with Gasteiger partial charge < -0.3 is 20.1 Å². The number of piperazine rings is 1. The number of carbonyl (C=O) groups is 1. The minimum absolute atomic E-state index is 0.145. The molecule has 0 aliphatic carbocycles. The van der Waals surface area contributed by atoms with Crippen LogP contribution in [0.1, 0.15) is 26.7 Å². The highest BCUT2D eigenvalue weighted by molar-refractivity contribution is 6.00. The van der Waals surface area contributed by atoms with Crippen LogP contribution in [-0.4, -0.2) is 98.9 Å². The Labute approximate surface area is 285 Å². The van der Waals surface area contributed by atoms with Gasteiger partial charge in [-0.05, 0) is 63.1 Å². The quantitative estimate of drug-likeness (QED) is 0.198. The lowest BCUT2D eigenvalue weighted by Gasteiger charge is -2.46. The molecule has 7 rings (SSSR count). The molecule has 0 bridgehead atoms. The highest BCUT2D eigenvalue weighted by atomic mass is 19.1. The molecule has 3 saturated heterocycles. The van der Waals surface area contributed by atoms with Crippen LogP contribution in [0.15, 0.2) is 72.4 Å². The van der Waals surface area contributed by atoms with Crippen LogP contribution in [0.3, 0.4) is 0 Å². The fourth-order valence-electron chi connectivity index (χ4n) is 7.18. The molecule has 2 aromatic heterocycles. The topological polar surface area (TPSA) is 126 Å². The molecule has 11 nitrogen and oxygen atoms in total. The van der Waals surface area contributed by atoms with Crippen molar-refractivity contribution in [3.05, 3.63) is 78.3 Å². The zero-order chi connectivity index (χ0) is 34.1. The van der Waals surface area contributed by atoms with E-state index in [1.807, 2.05) is 24.3 Å². The number of anilines is 1. The third-order valence-electron chi connectivity index (χ3n) is 10.0. The van der Waals surface area contributed by atoms with Gasteiger partial charge in [0.2, 0.25) is 0 Å². The highest BCUT2D eigenvalue weighted by Gasteiger charge is 2.36. The number of amides is 1. The van der Waals surface area contributed by atoms with Crippen molar-refractivity contribution in [3.63, 3.8) is 0 Å². The zero-order valence-corrected chi connectivity index (χ0v) is 27.9. The number of fused-ring (bicyclic) bond motifs is 1. The number of hydrogen-bond acceptors (Lipinski definition) is 9. The molecule has 254 valence electrons. The Morgan fingerprint density at radius 3 is 2.57 bits per heavy atom. The van der Waals surface area contributed by atoms with Crippen molar-refractivity contribution in [2.24, 2.45) is 0 Å². The number of nitrogens with two attached hydrogens (primary N) is 1. The lowest BCUT2D eigenvalue weighted by atomic mass is 9.97. The number of likely N-dealkylation sites (tertiary alicyclic amines) is 1. The molecule has 1 unspecified atom stereocenters. The normalized spacial score (nSPS) is 19.6. The number of carbonyl (C=O) groups excluding carboxylic acids is 1. The number of nitriles is 1. The van der Waals surface area contributed by atoms with E-state index in [2.05, 4.69) is 34.7 Å². The summed E-state index contributed by atoms with van der Waals surface area (Å²) in [4.78, 5) is 24.8. The van der Waals surface area contributed by atoms with Crippen LogP contribution < -0.4 is 10.5 Å². The summed E-state index contributed by atoms with van der Waals surface area (Å²) in [6.07, 6.45) is 4.98. The molecule has 12 heteroatoms. The molecule has 5 heterocycles. The van der Waals surface area contributed by atoms with Gasteiger partial charge in [0.05, 0.1) is 42.7 Å². The molecule has 49 heavy (non-hydrogen) atoms.